The van der Waals surface area contributed by atoms with Crippen LogP contribution in [0.25, 0.3) is 0 Å². The summed E-state index contributed by atoms with van der Waals surface area (Å²) in [4.78, 5) is 12.5. The van der Waals surface area contributed by atoms with E-state index in [1.54, 1.807) is 24.3 Å². The fraction of sp³-hybridized carbons (Fsp3) is 0.133. The first-order valence-electron chi connectivity index (χ1n) is 6.30. The third kappa shape index (κ3) is 4.59. The molecule has 2 aromatic carbocycles. The van der Waals surface area contributed by atoms with Gasteiger partial charge in [-0.1, -0.05) is 29.4 Å². The smallest absolute Gasteiger partial charge is 0.289 e. The van der Waals surface area contributed by atoms with Crippen molar-refractivity contribution in [2.45, 2.75) is 10.7 Å². The zero-order chi connectivity index (χ0) is 17.0. The zero-order valence-corrected chi connectivity index (χ0v) is 14.9. The van der Waals surface area contributed by atoms with Crippen LogP contribution in [0.15, 0.2) is 45.8 Å². The number of ether oxygens (including phenoxy) is 1. The van der Waals surface area contributed by atoms with Crippen LogP contribution in [0, 0.1) is 0 Å². The topological polar surface area (TPSA) is 38.3 Å². The Labute approximate surface area is 149 Å². The first-order chi connectivity index (χ1) is 10.9. The van der Waals surface area contributed by atoms with Gasteiger partial charge in [-0.25, -0.2) is 0 Å². The molecule has 0 aliphatic carbocycles. The lowest BCUT2D eigenvalue weighted by Crippen LogP contribution is -2.13. The van der Waals surface area contributed by atoms with Crippen LogP contribution in [-0.2, 0) is 0 Å². The Kier molecular flexibility index (Phi) is 6.26. The summed E-state index contributed by atoms with van der Waals surface area (Å²) in [6.45, 7) is 0. The van der Waals surface area contributed by atoms with Gasteiger partial charge in [0.25, 0.3) is 11.7 Å². The third-order valence-corrected chi connectivity index (χ3v) is 4.81. The molecule has 2 aromatic rings. The number of hydrogen-bond acceptors (Lipinski definition) is 3. The minimum Gasteiger partial charge on any atom is -0.497 e. The van der Waals surface area contributed by atoms with Crippen molar-refractivity contribution < 1.29 is 18.3 Å². The quantitative estimate of drug-likeness (QED) is 0.630. The second-order valence-electron chi connectivity index (χ2n) is 4.29. The van der Waals surface area contributed by atoms with Gasteiger partial charge in [-0.2, -0.15) is 8.78 Å². The lowest BCUT2D eigenvalue weighted by Gasteiger charge is -2.13. The predicted octanol–water partition coefficient (Wildman–Crippen LogP) is 5.68. The second-order valence-corrected chi connectivity index (χ2v) is 6.56. The third-order valence-electron chi connectivity index (χ3n) is 2.84. The number of benzene rings is 2. The molecule has 0 aliphatic rings. The maximum absolute atomic E-state index is 12.7. The van der Waals surface area contributed by atoms with Gasteiger partial charge < -0.3 is 10.1 Å². The Bertz CT molecular complexity index is 731. The highest BCUT2D eigenvalue weighted by Gasteiger charge is 2.17. The van der Waals surface area contributed by atoms with Crippen LogP contribution in [0.4, 0.5) is 14.5 Å². The standard InChI is InChI=1S/C15H11BrClF2NO2S/c1-22-8-5-6-10(16)9(7-8)14(21)20-12-4-2-3-11(17)13(12)23-15(18)19/h2-7,15H,1H3,(H,20,21). The first-order valence-corrected chi connectivity index (χ1v) is 8.35. The average molecular weight is 423 g/mol. The lowest BCUT2D eigenvalue weighted by molar-refractivity contribution is 0.102. The molecule has 2 rings (SSSR count). The van der Waals surface area contributed by atoms with E-state index in [0.717, 1.165) is 0 Å². The molecular weight excluding hydrogens is 412 g/mol. The van der Waals surface area contributed by atoms with Gasteiger partial charge in [0.05, 0.1) is 28.3 Å². The van der Waals surface area contributed by atoms with E-state index in [1.165, 1.54) is 19.2 Å². The highest BCUT2D eigenvalue weighted by atomic mass is 79.9. The molecule has 0 saturated heterocycles. The van der Waals surface area contributed by atoms with Crippen LogP contribution in [-0.4, -0.2) is 18.8 Å². The molecule has 0 aromatic heterocycles. The first kappa shape index (κ1) is 18.0. The fourth-order valence-electron chi connectivity index (χ4n) is 1.81. The monoisotopic (exact) mass is 421 g/mol. The van der Waals surface area contributed by atoms with Crippen LogP contribution >= 0.6 is 39.3 Å². The summed E-state index contributed by atoms with van der Waals surface area (Å²) < 4.78 is 31.0. The Morgan fingerprint density at radius 2 is 2.09 bits per heavy atom. The van der Waals surface area contributed by atoms with Crippen molar-refractivity contribution in [3.05, 3.63) is 51.5 Å². The fourth-order valence-corrected chi connectivity index (χ4v) is 3.15. The molecule has 0 aliphatic heterocycles. The minimum atomic E-state index is -2.64. The van der Waals surface area contributed by atoms with Gasteiger partial charge in [0.1, 0.15) is 5.75 Å². The SMILES string of the molecule is COc1ccc(Br)c(C(=O)Nc2cccc(Cl)c2SC(F)F)c1. The van der Waals surface area contributed by atoms with E-state index in [-0.39, 0.29) is 27.4 Å². The highest BCUT2D eigenvalue weighted by molar-refractivity contribution is 9.10. The van der Waals surface area contributed by atoms with Crippen molar-refractivity contribution in [2.75, 3.05) is 12.4 Å². The van der Waals surface area contributed by atoms with Crippen LogP contribution in [0.2, 0.25) is 5.02 Å². The lowest BCUT2D eigenvalue weighted by atomic mass is 10.2. The molecule has 0 spiro atoms. The normalized spacial score (nSPS) is 10.7. The number of rotatable bonds is 5. The number of anilines is 1. The van der Waals surface area contributed by atoms with E-state index in [2.05, 4.69) is 21.2 Å². The average Bonchev–Trinajstić information content (AvgIpc) is 2.51. The van der Waals surface area contributed by atoms with Crippen LogP contribution in [0.5, 0.6) is 5.75 Å². The van der Waals surface area contributed by atoms with Crippen LogP contribution in [0.3, 0.4) is 0 Å². The molecular formula is C15H11BrClF2NO2S. The van der Waals surface area contributed by atoms with E-state index >= 15 is 0 Å². The number of carbonyl (C=O) groups is 1. The molecule has 0 saturated carbocycles. The van der Waals surface area contributed by atoms with Crippen molar-refractivity contribution in [1.82, 2.24) is 0 Å². The van der Waals surface area contributed by atoms with Crippen molar-refractivity contribution >= 4 is 50.9 Å². The molecule has 8 heteroatoms. The maximum Gasteiger partial charge on any atom is 0.289 e. The molecule has 23 heavy (non-hydrogen) atoms. The Morgan fingerprint density at radius 3 is 2.74 bits per heavy atom. The Balaban J connectivity index is 2.32. The van der Waals surface area contributed by atoms with Crippen molar-refractivity contribution in [2.24, 2.45) is 0 Å². The number of amides is 1. The molecule has 0 atom stereocenters. The molecule has 0 heterocycles. The number of hydrogen-bond donors (Lipinski definition) is 1. The summed E-state index contributed by atoms with van der Waals surface area (Å²) in [7, 11) is 1.49. The van der Waals surface area contributed by atoms with Gasteiger partial charge in [0.2, 0.25) is 0 Å². The molecule has 0 bridgehead atoms. The number of carbonyl (C=O) groups excluding carboxylic acids is 1. The molecule has 0 unspecified atom stereocenters. The van der Waals surface area contributed by atoms with E-state index in [0.29, 0.717) is 15.8 Å². The molecule has 1 amide bonds. The van der Waals surface area contributed by atoms with E-state index < -0.39 is 11.7 Å². The number of methoxy groups -OCH3 is 1. The van der Waals surface area contributed by atoms with Gasteiger partial charge in [0, 0.05) is 4.47 Å². The zero-order valence-electron chi connectivity index (χ0n) is 11.8. The summed E-state index contributed by atoms with van der Waals surface area (Å²) in [5.74, 6) is -2.60. The summed E-state index contributed by atoms with van der Waals surface area (Å²) in [6.07, 6.45) is 0. The number of alkyl halides is 2. The predicted molar refractivity (Wildman–Crippen MR) is 92.0 cm³/mol. The second kappa shape index (κ2) is 7.99. The number of nitrogens with one attached hydrogen (secondary N) is 1. The van der Waals surface area contributed by atoms with Crippen molar-refractivity contribution in [1.29, 1.82) is 0 Å². The van der Waals surface area contributed by atoms with Crippen LogP contribution in [0.1, 0.15) is 10.4 Å². The van der Waals surface area contributed by atoms with Crippen molar-refractivity contribution in [3.63, 3.8) is 0 Å². The van der Waals surface area contributed by atoms with Gasteiger partial charge >= 0.3 is 0 Å². The number of halogens is 4. The van der Waals surface area contributed by atoms with E-state index in [4.69, 9.17) is 16.3 Å². The summed E-state index contributed by atoms with van der Waals surface area (Å²) in [5, 5.41) is 2.75. The molecule has 0 radical (unpaired) electrons. The highest BCUT2D eigenvalue weighted by Crippen LogP contribution is 2.38. The van der Waals surface area contributed by atoms with Gasteiger partial charge in [-0.05, 0) is 46.3 Å². The molecule has 3 nitrogen and oxygen atoms in total. The Morgan fingerprint density at radius 1 is 1.35 bits per heavy atom. The van der Waals surface area contributed by atoms with Crippen molar-refractivity contribution in [3.8, 4) is 5.75 Å². The molecule has 1 N–H and O–H groups in total. The van der Waals surface area contributed by atoms with E-state index in [9.17, 15) is 13.6 Å². The van der Waals surface area contributed by atoms with Gasteiger partial charge in [-0.15, -0.1) is 0 Å². The van der Waals surface area contributed by atoms with Crippen LogP contribution < -0.4 is 10.1 Å². The van der Waals surface area contributed by atoms with E-state index in [1.807, 2.05) is 0 Å². The summed E-state index contributed by atoms with van der Waals surface area (Å²) in [5.41, 5.74) is 0.542. The number of thioether (sulfide) groups is 1. The van der Waals surface area contributed by atoms with Gasteiger partial charge in [-0.3, -0.25) is 4.79 Å². The molecule has 0 fully saturated rings. The summed E-state index contributed by atoms with van der Waals surface area (Å²) in [6, 6.07) is 9.49. The minimum absolute atomic E-state index is 0.122. The maximum atomic E-state index is 12.7. The molecule has 122 valence electrons. The summed E-state index contributed by atoms with van der Waals surface area (Å²) >= 11 is 9.51. The Hall–Kier alpha value is -1.31. The van der Waals surface area contributed by atoms with Gasteiger partial charge in [0.15, 0.2) is 0 Å². The largest absolute Gasteiger partial charge is 0.497 e.